The maximum absolute atomic E-state index is 13.3. The van der Waals surface area contributed by atoms with Crippen molar-refractivity contribution in [2.45, 2.75) is 46.1 Å². The van der Waals surface area contributed by atoms with Gasteiger partial charge in [0.2, 0.25) is 0 Å². The van der Waals surface area contributed by atoms with Gasteiger partial charge in [0.25, 0.3) is 5.91 Å². The minimum atomic E-state index is -0.649. The van der Waals surface area contributed by atoms with Gasteiger partial charge in [0.1, 0.15) is 16.9 Å². The van der Waals surface area contributed by atoms with Crippen molar-refractivity contribution >= 4 is 22.9 Å². The Hall–Kier alpha value is -3.13. The number of carbonyl (C=O) groups excluding carboxylic acids is 1. The van der Waals surface area contributed by atoms with E-state index in [1.54, 1.807) is 29.2 Å². The third-order valence-electron chi connectivity index (χ3n) is 7.59. The van der Waals surface area contributed by atoms with E-state index in [2.05, 4.69) is 41.1 Å². The molecule has 2 aliphatic rings. The number of anilines is 2. The number of hydrogen-bond acceptors (Lipinski definition) is 6. The van der Waals surface area contributed by atoms with E-state index in [1.165, 1.54) is 6.42 Å². The Labute approximate surface area is 199 Å². The van der Waals surface area contributed by atoms with Crippen LogP contribution < -0.4 is 15.0 Å². The number of ether oxygens (including phenoxy) is 1. The fourth-order valence-corrected chi connectivity index (χ4v) is 5.44. The van der Waals surface area contributed by atoms with Crippen LogP contribution >= 0.6 is 0 Å². The van der Waals surface area contributed by atoms with Crippen LogP contribution in [0.1, 0.15) is 50.0 Å². The normalized spacial score (nSPS) is 25.1. The predicted molar refractivity (Wildman–Crippen MR) is 132 cm³/mol. The van der Waals surface area contributed by atoms with Crippen molar-refractivity contribution in [3.05, 3.63) is 47.9 Å². The highest BCUT2D eigenvalue weighted by molar-refractivity contribution is 6.09. The average Bonchev–Trinajstić information content (AvgIpc) is 3.14. The molecule has 2 N–H and O–H groups in total. The Morgan fingerprint density at radius 3 is 2.88 bits per heavy atom. The zero-order chi connectivity index (χ0) is 24.0. The van der Waals surface area contributed by atoms with Crippen LogP contribution in [0.3, 0.4) is 0 Å². The minimum Gasteiger partial charge on any atom is -0.484 e. The topological polar surface area (TPSA) is 92.0 Å². The van der Waals surface area contributed by atoms with E-state index < -0.39 is 5.60 Å². The second-order valence-corrected chi connectivity index (χ2v) is 9.90. The van der Waals surface area contributed by atoms with Crippen LogP contribution in [0.2, 0.25) is 0 Å². The van der Waals surface area contributed by atoms with Crippen molar-refractivity contribution in [2.75, 3.05) is 29.9 Å². The van der Waals surface area contributed by atoms with Gasteiger partial charge in [0.05, 0.1) is 24.2 Å². The van der Waals surface area contributed by atoms with E-state index in [0.717, 1.165) is 41.7 Å². The van der Waals surface area contributed by atoms with Crippen molar-refractivity contribution < 1.29 is 14.6 Å². The largest absolute Gasteiger partial charge is 0.484 e. The molecule has 8 heteroatoms. The summed E-state index contributed by atoms with van der Waals surface area (Å²) in [6.45, 7) is 10.3. The monoisotopic (exact) mass is 463 g/mol. The van der Waals surface area contributed by atoms with E-state index in [-0.39, 0.29) is 12.5 Å². The molecule has 1 fully saturated rings. The minimum absolute atomic E-state index is 0.0674. The number of fused-ring (bicyclic) bond motifs is 2. The van der Waals surface area contributed by atoms with Gasteiger partial charge in [-0.2, -0.15) is 5.10 Å². The van der Waals surface area contributed by atoms with Gasteiger partial charge in [0, 0.05) is 43.5 Å². The highest BCUT2D eigenvalue weighted by atomic mass is 16.5. The van der Waals surface area contributed by atoms with Crippen LogP contribution in [-0.4, -0.2) is 50.9 Å². The van der Waals surface area contributed by atoms with Crippen LogP contribution in [0, 0.1) is 17.8 Å². The van der Waals surface area contributed by atoms with Gasteiger partial charge in [-0.05, 0) is 43.7 Å². The van der Waals surface area contributed by atoms with Gasteiger partial charge in [0.15, 0.2) is 5.65 Å². The third-order valence-corrected chi connectivity index (χ3v) is 7.59. The molecule has 1 amide bonds. The van der Waals surface area contributed by atoms with Crippen LogP contribution in [0.25, 0.3) is 5.65 Å². The number of aliphatic hydroxyl groups is 1. The standard InChI is InChI=1S/C26H33N5O3/c1-5-18-16(3)20(18)14-30(6-2)22-11-23-17(12-26(4,15-32)34-23)10-21(22)29-25(33)19-13-28-31-9-7-8-27-24(19)31/h7-11,13,16,18,20,32H,5-6,12,14-15H2,1-4H3,(H,29,33). The number of carbonyl (C=O) groups is 1. The fourth-order valence-electron chi connectivity index (χ4n) is 5.44. The van der Waals surface area contributed by atoms with Gasteiger partial charge < -0.3 is 20.1 Å². The number of aromatic nitrogens is 3. The van der Waals surface area contributed by atoms with Crippen LogP contribution in [0.4, 0.5) is 11.4 Å². The van der Waals surface area contributed by atoms with E-state index in [4.69, 9.17) is 4.74 Å². The fraction of sp³-hybridized carbons (Fsp3) is 0.500. The zero-order valence-corrected chi connectivity index (χ0v) is 20.3. The molecule has 1 saturated carbocycles. The summed E-state index contributed by atoms with van der Waals surface area (Å²) < 4.78 is 7.73. The predicted octanol–water partition coefficient (Wildman–Crippen LogP) is 3.79. The number of aliphatic hydroxyl groups excluding tert-OH is 1. The van der Waals surface area contributed by atoms with Crippen molar-refractivity contribution in [1.82, 2.24) is 14.6 Å². The maximum Gasteiger partial charge on any atom is 0.261 e. The molecule has 8 nitrogen and oxygen atoms in total. The summed E-state index contributed by atoms with van der Waals surface area (Å²) in [4.78, 5) is 20.0. The quantitative estimate of drug-likeness (QED) is 0.528. The molecule has 34 heavy (non-hydrogen) atoms. The summed E-state index contributed by atoms with van der Waals surface area (Å²) in [7, 11) is 0. The first kappa shape index (κ1) is 22.7. The first-order valence-electron chi connectivity index (χ1n) is 12.2. The molecule has 0 radical (unpaired) electrons. The van der Waals surface area contributed by atoms with E-state index in [1.807, 2.05) is 19.1 Å². The van der Waals surface area contributed by atoms with E-state index in [0.29, 0.717) is 29.5 Å². The molecule has 0 saturated heterocycles. The molecule has 0 bridgehead atoms. The number of benzene rings is 1. The highest BCUT2D eigenvalue weighted by Crippen LogP contribution is 2.50. The van der Waals surface area contributed by atoms with Crippen molar-refractivity contribution in [2.24, 2.45) is 17.8 Å². The van der Waals surface area contributed by atoms with Gasteiger partial charge in [-0.3, -0.25) is 4.79 Å². The molecule has 2 aromatic heterocycles. The lowest BCUT2D eigenvalue weighted by Crippen LogP contribution is -2.34. The van der Waals surface area contributed by atoms with Crippen molar-refractivity contribution in [3.8, 4) is 5.75 Å². The van der Waals surface area contributed by atoms with Crippen molar-refractivity contribution in [3.63, 3.8) is 0 Å². The molecule has 4 atom stereocenters. The smallest absolute Gasteiger partial charge is 0.261 e. The Bertz CT molecular complexity index is 1220. The summed E-state index contributed by atoms with van der Waals surface area (Å²) in [5.41, 5.74) is 2.96. The molecule has 1 aromatic carbocycles. The molecule has 0 spiro atoms. The molecule has 180 valence electrons. The number of rotatable bonds is 8. The van der Waals surface area contributed by atoms with Crippen LogP contribution in [0.5, 0.6) is 5.75 Å². The molecular formula is C26H33N5O3. The number of nitrogens with zero attached hydrogens (tertiary/aromatic N) is 4. The van der Waals surface area contributed by atoms with Crippen molar-refractivity contribution in [1.29, 1.82) is 0 Å². The lowest BCUT2D eigenvalue weighted by atomic mass is 9.99. The number of amides is 1. The van der Waals surface area contributed by atoms with Gasteiger partial charge in [-0.1, -0.05) is 20.3 Å². The van der Waals surface area contributed by atoms with Gasteiger partial charge in [-0.25, -0.2) is 9.50 Å². The Morgan fingerprint density at radius 2 is 2.18 bits per heavy atom. The van der Waals surface area contributed by atoms with Crippen LogP contribution in [0.15, 0.2) is 36.8 Å². The Kier molecular flexibility index (Phi) is 5.72. The molecule has 4 unspecified atom stereocenters. The molecule has 3 heterocycles. The summed E-state index contributed by atoms with van der Waals surface area (Å²) in [6, 6.07) is 5.80. The Balaban J connectivity index is 1.50. The molecule has 3 aromatic rings. The SMILES string of the molecule is CCC1C(C)C1CN(CC)c1cc2c(cc1NC(=O)c1cnn3cccnc13)CC(C)(CO)O2. The van der Waals surface area contributed by atoms with Gasteiger partial charge >= 0.3 is 0 Å². The zero-order valence-electron chi connectivity index (χ0n) is 20.3. The first-order valence-corrected chi connectivity index (χ1v) is 12.2. The molecular weight excluding hydrogens is 430 g/mol. The maximum atomic E-state index is 13.3. The lowest BCUT2D eigenvalue weighted by Gasteiger charge is -2.27. The number of hydrogen-bond donors (Lipinski definition) is 2. The summed E-state index contributed by atoms with van der Waals surface area (Å²) in [5, 5.41) is 17.2. The number of nitrogens with one attached hydrogen (secondary N) is 1. The van der Waals surface area contributed by atoms with E-state index >= 15 is 0 Å². The summed E-state index contributed by atoms with van der Waals surface area (Å²) in [6.07, 6.45) is 6.75. The van der Waals surface area contributed by atoms with Crippen LogP contribution in [-0.2, 0) is 6.42 Å². The second-order valence-electron chi connectivity index (χ2n) is 9.90. The Morgan fingerprint density at radius 1 is 1.35 bits per heavy atom. The molecule has 1 aliphatic heterocycles. The second kappa shape index (κ2) is 8.58. The van der Waals surface area contributed by atoms with E-state index in [9.17, 15) is 9.90 Å². The highest BCUT2D eigenvalue weighted by Gasteiger charge is 2.45. The molecule has 5 rings (SSSR count). The first-order chi connectivity index (χ1) is 16.4. The van der Waals surface area contributed by atoms with Gasteiger partial charge in [-0.15, -0.1) is 0 Å². The average molecular weight is 464 g/mol. The summed E-state index contributed by atoms with van der Waals surface area (Å²) in [5.74, 6) is 2.64. The molecule has 1 aliphatic carbocycles. The summed E-state index contributed by atoms with van der Waals surface area (Å²) >= 11 is 0. The third kappa shape index (κ3) is 3.90. The lowest BCUT2D eigenvalue weighted by molar-refractivity contribution is 0.0447.